The van der Waals surface area contributed by atoms with Crippen molar-refractivity contribution in [1.82, 2.24) is 0 Å². The van der Waals surface area contributed by atoms with E-state index in [4.69, 9.17) is 0 Å². The molecule has 0 saturated carbocycles. The van der Waals surface area contributed by atoms with Gasteiger partial charge in [0.05, 0.1) is 32.5 Å². The van der Waals surface area contributed by atoms with Crippen LogP contribution in [-0.2, 0) is 32.5 Å². The average molecular weight is 1730 g/mol. The summed E-state index contributed by atoms with van der Waals surface area (Å²) in [5, 5.41) is 0. The Kier molecular flexibility index (Phi) is 19.0. The normalized spacial score (nSPS) is 19.0. The fourth-order valence-electron chi connectivity index (χ4n) is 25.4. The molecule has 0 amide bonds. The van der Waals surface area contributed by atoms with E-state index in [0.717, 1.165) is 33.4 Å². The van der Waals surface area contributed by atoms with E-state index in [9.17, 15) is 13.2 Å². The van der Waals surface area contributed by atoms with Gasteiger partial charge in [-0.15, -0.1) is 0 Å². The first-order valence-corrected chi connectivity index (χ1v) is 46.7. The molecule has 0 bridgehead atoms. The summed E-state index contributed by atoms with van der Waals surface area (Å²) >= 11 is 0. The summed E-state index contributed by atoms with van der Waals surface area (Å²) in [5.41, 5.74) is 41.4. The van der Waals surface area contributed by atoms with Crippen molar-refractivity contribution in [1.29, 1.82) is 0 Å². The standard InChI is InChI=1S/3C44H29F/c45-33-28-26-30(27-29-33)34-18-7-9-21-37(34)43(31-14-3-1-4-15-31)39-23-11-12-24-40(39)44(32-16-5-2-6-17-32)38-22-10-8-19-35(38)36-20-13-25-41(43)42(36)44;45-35-27-25-30(26-28-35)31-13-11-18-34(29-31)43(32-14-3-1-4-15-32)39-22-9-10-23-40(39)44(33-16-5-2-6-17-33)38-21-8-7-19-36(38)37-20-12-24-41(43)42(37)44;45-35-28-24-31(25-29-35)30-22-26-34(27-23-30)43(32-12-3-1-4-13-32)39-19-9-10-20-40(39)44(33-14-5-2-6-15-33)38-18-8-7-16-36(38)37-17-11-21-41(43)42(37)44/h3*1-29H. The second-order valence-corrected chi connectivity index (χ2v) is 36.4. The fraction of sp³-hybridized carbons (Fsp3) is 0.0455. The van der Waals surface area contributed by atoms with E-state index in [-0.39, 0.29) is 17.5 Å². The first-order chi connectivity index (χ1) is 66.7. The molecule has 0 N–H and O–H groups in total. The van der Waals surface area contributed by atoms with E-state index in [2.05, 4.69) is 455 Å². The maximum absolute atomic E-state index is 14.2. The van der Waals surface area contributed by atoms with Crippen molar-refractivity contribution < 1.29 is 13.2 Å². The van der Waals surface area contributed by atoms with Crippen LogP contribution in [0.5, 0.6) is 0 Å². The van der Waals surface area contributed by atoms with Gasteiger partial charge in [0.15, 0.2) is 0 Å². The summed E-state index contributed by atoms with van der Waals surface area (Å²) in [4.78, 5) is 0. The zero-order chi connectivity index (χ0) is 90.0. The van der Waals surface area contributed by atoms with Gasteiger partial charge in [0.1, 0.15) is 17.5 Å². The van der Waals surface area contributed by atoms with Crippen molar-refractivity contribution in [3.63, 3.8) is 0 Å². The highest BCUT2D eigenvalue weighted by Crippen LogP contribution is 2.71. The molecular formula is C132H87F3. The monoisotopic (exact) mass is 1730 g/mol. The molecule has 6 atom stereocenters. The maximum atomic E-state index is 14.2. The number of rotatable bonds is 12. The Morgan fingerprint density at radius 1 is 0.111 bits per heavy atom. The largest absolute Gasteiger partial charge is 0.207 e. The fourth-order valence-corrected chi connectivity index (χ4v) is 25.4. The summed E-state index contributed by atoms with van der Waals surface area (Å²) in [5.74, 6) is -0.685. The molecule has 0 radical (unpaired) electrons. The van der Waals surface area contributed by atoms with Crippen LogP contribution in [0.3, 0.4) is 0 Å². The molecule has 135 heavy (non-hydrogen) atoms. The van der Waals surface area contributed by atoms with Crippen LogP contribution in [0.4, 0.5) is 13.2 Å². The van der Waals surface area contributed by atoms with Gasteiger partial charge in [-0.05, 0) is 243 Å². The topological polar surface area (TPSA) is 0 Å². The molecule has 27 rings (SSSR count). The second-order valence-electron chi connectivity index (χ2n) is 36.4. The van der Waals surface area contributed by atoms with Crippen LogP contribution in [0.15, 0.2) is 528 Å². The van der Waals surface area contributed by atoms with Gasteiger partial charge in [0, 0.05) is 0 Å². The lowest BCUT2D eigenvalue weighted by molar-refractivity contribution is 0.626. The van der Waals surface area contributed by atoms with Crippen LogP contribution in [0, 0.1) is 17.5 Å². The molecular weight excluding hydrogens is 1640 g/mol. The Labute approximate surface area is 785 Å². The molecule has 0 aromatic heterocycles. The van der Waals surface area contributed by atoms with Crippen molar-refractivity contribution in [2.75, 3.05) is 0 Å². The lowest BCUT2D eigenvalue weighted by Gasteiger charge is -2.50. The molecule has 0 spiro atoms. The van der Waals surface area contributed by atoms with Gasteiger partial charge in [0.2, 0.25) is 0 Å². The number of benzene rings is 21. The third kappa shape index (κ3) is 11.5. The Bertz CT molecular complexity index is 8150. The van der Waals surface area contributed by atoms with Crippen LogP contribution in [0.1, 0.15) is 134 Å². The second kappa shape index (κ2) is 31.9. The quantitative estimate of drug-likeness (QED) is 0.114. The molecule has 0 heterocycles. The van der Waals surface area contributed by atoms with Crippen molar-refractivity contribution in [2.24, 2.45) is 0 Å². The highest BCUT2D eigenvalue weighted by atomic mass is 19.1. The smallest absolute Gasteiger partial charge is 0.123 e. The summed E-state index contributed by atoms with van der Waals surface area (Å²) in [6.45, 7) is 0. The molecule has 21 aromatic rings. The first-order valence-electron chi connectivity index (χ1n) is 46.7. The average Bonchev–Trinajstić information content (AvgIpc) is 1.59. The molecule has 3 heteroatoms. The zero-order valence-corrected chi connectivity index (χ0v) is 73.9. The van der Waals surface area contributed by atoms with E-state index in [1.807, 2.05) is 36.4 Å². The zero-order valence-electron chi connectivity index (χ0n) is 73.9. The molecule has 0 fully saturated rings. The van der Waals surface area contributed by atoms with Gasteiger partial charge < -0.3 is 0 Å². The van der Waals surface area contributed by atoms with Crippen molar-refractivity contribution in [2.45, 2.75) is 32.5 Å². The van der Waals surface area contributed by atoms with Gasteiger partial charge in [-0.3, -0.25) is 0 Å². The third-order valence-electron chi connectivity index (χ3n) is 30.3. The van der Waals surface area contributed by atoms with Gasteiger partial charge in [-0.1, -0.05) is 485 Å². The minimum absolute atomic E-state index is 0.224. The Morgan fingerprint density at radius 3 is 0.652 bits per heavy atom. The summed E-state index contributed by atoms with van der Waals surface area (Å²) < 4.78 is 41.9. The van der Waals surface area contributed by atoms with E-state index in [1.165, 1.54) is 179 Å². The van der Waals surface area contributed by atoms with Crippen molar-refractivity contribution in [3.05, 3.63) is 679 Å². The van der Waals surface area contributed by atoms with E-state index >= 15 is 0 Å². The number of hydrogen-bond donors (Lipinski definition) is 0. The van der Waals surface area contributed by atoms with E-state index < -0.39 is 32.5 Å². The summed E-state index contributed by atoms with van der Waals surface area (Å²) in [6.07, 6.45) is 0. The molecule has 6 aliphatic carbocycles. The molecule has 6 aliphatic rings. The van der Waals surface area contributed by atoms with Crippen LogP contribution in [0.2, 0.25) is 0 Å². The summed E-state index contributed by atoms with van der Waals surface area (Å²) in [7, 11) is 0. The highest BCUT2D eigenvalue weighted by molar-refractivity contribution is 5.97. The maximum Gasteiger partial charge on any atom is 0.123 e. The van der Waals surface area contributed by atoms with Crippen LogP contribution in [-0.4, -0.2) is 0 Å². The number of fused-ring (bicyclic) bond motifs is 15. The van der Waals surface area contributed by atoms with Crippen LogP contribution in [0.25, 0.3) is 66.8 Å². The highest BCUT2D eigenvalue weighted by Gasteiger charge is 2.62. The van der Waals surface area contributed by atoms with Crippen molar-refractivity contribution >= 4 is 0 Å². The van der Waals surface area contributed by atoms with E-state index in [1.54, 1.807) is 24.3 Å². The van der Waals surface area contributed by atoms with Gasteiger partial charge >= 0.3 is 0 Å². The minimum atomic E-state index is -0.644. The van der Waals surface area contributed by atoms with Gasteiger partial charge in [-0.2, -0.15) is 0 Å². The van der Waals surface area contributed by atoms with E-state index in [0.29, 0.717) is 0 Å². The predicted molar refractivity (Wildman–Crippen MR) is 543 cm³/mol. The summed E-state index contributed by atoms with van der Waals surface area (Å²) in [6, 6.07) is 188. The van der Waals surface area contributed by atoms with Gasteiger partial charge in [-0.25, -0.2) is 13.2 Å². The third-order valence-corrected chi connectivity index (χ3v) is 30.3. The lowest BCUT2D eigenvalue weighted by Crippen LogP contribution is -2.44. The minimum Gasteiger partial charge on any atom is -0.207 e. The Morgan fingerprint density at radius 2 is 0.311 bits per heavy atom. The SMILES string of the molecule is Fc1ccc(-c2ccc(C3(c4ccccc4)c4ccccc4C4(c5ccccc5)c5ccccc5-c5cccc3c54)cc2)cc1.Fc1ccc(-c2cccc(C3(c4ccccc4)c4ccccc4C4(c5ccccc5)c5ccccc5-c5cccc3c54)c2)cc1.Fc1ccc(-c2ccccc2C2(c3ccccc3)c3ccccc3C3(c4ccccc4)c4ccccc4-c4cccc2c43)cc1. The first kappa shape index (κ1) is 80.5. The predicted octanol–water partition coefficient (Wildman–Crippen LogP) is 31.7. The molecule has 0 aliphatic heterocycles. The number of hydrogen-bond acceptors (Lipinski definition) is 0. The number of halogens is 3. The Hall–Kier alpha value is -16.6. The van der Waals surface area contributed by atoms with Crippen molar-refractivity contribution in [3.8, 4) is 66.8 Å². The molecule has 21 aromatic carbocycles. The van der Waals surface area contributed by atoms with Gasteiger partial charge in [0.25, 0.3) is 0 Å². The Balaban J connectivity index is 0.000000108. The van der Waals surface area contributed by atoms with Crippen LogP contribution < -0.4 is 0 Å². The molecule has 6 unspecified atom stereocenters. The molecule has 636 valence electrons. The van der Waals surface area contributed by atoms with Crippen LogP contribution >= 0.6 is 0 Å². The molecule has 0 saturated heterocycles. The lowest BCUT2D eigenvalue weighted by atomic mass is 9.51. The molecule has 0 nitrogen and oxygen atoms in total.